The van der Waals surface area contributed by atoms with E-state index in [1.54, 1.807) is 0 Å². The smallest absolute Gasteiger partial charge is 1.00 e. The largest absolute Gasteiger partial charge is 1.00 e. The zero-order chi connectivity index (χ0) is 2.71. The molecular weight excluding hydrogens is 249 g/mol. The summed E-state index contributed by atoms with van der Waals surface area (Å²) in [5, 5.41) is 0. The molecule has 0 fully saturated rings. The average molecular weight is 250 g/mol. The summed E-state index contributed by atoms with van der Waals surface area (Å²) in [6, 6.07) is 0. The van der Waals surface area contributed by atoms with E-state index in [0.717, 1.165) is 22.5 Å². The summed E-state index contributed by atoms with van der Waals surface area (Å²) < 4.78 is 2.34. The monoisotopic (exact) mass is 250 g/mol. The molecule has 0 bridgehead atoms. The Morgan fingerprint density at radius 2 is 1.17 bits per heavy atom. The molecule has 0 aromatic rings. The first-order valence-electron chi connectivity index (χ1n) is 0.539. The molecule has 0 unspecified atom stereocenters. The van der Waals surface area contributed by atoms with E-state index in [1.807, 2.05) is 0 Å². The van der Waals surface area contributed by atoms with Crippen molar-refractivity contribution in [2.45, 2.75) is 0 Å². The Balaban J connectivity index is -0.00000000667. The fourth-order valence-corrected chi connectivity index (χ4v) is 0. The zero-order valence-electron chi connectivity index (χ0n) is 2.71. The predicted octanol–water partition coefficient (Wildman–Crippen LogP) is -9.24. The third-order valence-corrected chi connectivity index (χ3v) is 0. The van der Waals surface area contributed by atoms with Crippen molar-refractivity contribution in [3.05, 3.63) is 0 Å². The van der Waals surface area contributed by atoms with Crippen molar-refractivity contribution < 1.29 is 37.2 Å². The van der Waals surface area contributed by atoms with Gasteiger partial charge in [-0.25, -0.2) is 0 Å². The second kappa shape index (κ2) is 34.3. The Bertz CT molecular complexity index is 30.3. The van der Waals surface area contributed by atoms with Crippen molar-refractivity contribution in [2.75, 3.05) is 0 Å². The second-order valence-electron chi connectivity index (χ2n) is 0.144. The van der Waals surface area contributed by atoms with Crippen LogP contribution in [0.15, 0.2) is 0 Å². The van der Waals surface area contributed by atoms with Crippen molar-refractivity contribution in [1.82, 2.24) is 0 Å². The van der Waals surface area contributed by atoms with Crippen molar-refractivity contribution in [3.63, 3.8) is 0 Å². The molecule has 6 heavy (non-hydrogen) atoms. The Morgan fingerprint density at radius 3 is 1.17 bits per heavy atom. The summed E-state index contributed by atoms with van der Waals surface area (Å²) in [6.45, 7) is 0. The summed E-state index contributed by atoms with van der Waals surface area (Å²) in [5.74, 6) is 0. The van der Waals surface area contributed by atoms with Gasteiger partial charge in [0.2, 0.25) is 0 Å². The molecule has 0 aliphatic carbocycles. The van der Waals surface area contributed by atoms with Gasteiger partial charge in [0.05, 0.1) is 0 Å². The molecule has 0 spiro atoms. The number of hydrogen-bond acceptors (Lipinski definition) is 0. The normalized spacial score (nSPS) is 1.50. The van der Waals surface area contributed by atoms with Gasteiger partial charge in [0.25, 0.3) is 0 Å². The van der Waals surface area contributed by atoms with Crippen LogP contribution in [0.2, 0.25) is 0 Å². The molecule has 34 valence electrons. The molecule has 0 amide bonds. The quantitative estimate of drug-likeness (QED) is 0.296. The van der Waals surface area contributed by atoms with Crippen LogP contribution in [0.25, 0.3) is 0 Å². The zero-order valence-corrected chi connectivity index (χ0v) is 7.83. The van der Waals surface area contributed by atoms with Gasteiger partial charge in [-0.2, -0.15) is 0 Å². The molecule has 0 rings (SSSR count). The first-order valence-corrected chi connectivity index (χ1v) is 1.97. The fraction of sp³-hybridized carbons (Fsp3) is 0. The maximum Gasteiger partial charge on any atom is -1.00 e. The molecule has 0 atom stereocenters. The van der Waals surface area contributed by atoms with E-state index in [-0.39, 0.29) is 37.2 Å². The molecule has 0 heterocycles. The second-order valence-corrected chi connectivity index (χ2v) is 0.968. The SMILES string of the molecule is C#[C][Sn+3].[Cl-].[Cl-].[Cl-]. The molecule has 4 heteroatoms. The van der Waals surface area contributed by atoms with Gasteiger partial charge in [-0.05, 0) is 0 Å². The maximum absolute atomic E-state index is 4.64. The van der Waals surface area contributed by atoms with Gasteiger partial charge in [0.15, 0.2) is 0 Å². The first kappa shape index (κ1) is 26.9. The Labute approximate surface area is 69.8 Å². The fourth-order valence-electron chi connectivity index (χ4n) is 0. The summed E-state index contributed by atoms with van der Waals surface area (Å²) in [7, 11) is 0. The molecule has 0 aromatic carbocycles. The van der Waals surface area contributed by atoms with Crippen LogP contribution < -0.4 is 37.2 Å². The predicted molar refractivity (Wildman–Crippen MR) is 14.6 cm³/mol. The van der Waals surface area contributed by atoms with Crippen LogP contribution in [0.5, 0.6) is 0 Å². The van der Waals surface area contributed by atoms with E-state index in [2.05, 4.69) is 10.4 Å². The van der Waals surface area contributed by atoms with E-state index < -0.39 is 0 Å². The topological polar surface area (TPSA) is 0 Å². The molecule has 0 N–H and O–H groups in total. The van der Waals surface area contributed by atoms with Crippen LogP contribution in [-0.2, 0) is 0 Å². The molecule has 0 nitrogen and oxygen atoms in total. The van der Waals surface area contributed by atoms with Crippen LogP contribution in [0.1, 0.15) is 0 Å². The van der Waals surface area contributed by atoms with Gasteiger partial charge < -0.3 is 37.2 Å². The number of terminal acetylenes is 1. The van der Waals surface area contributed by atoms with Crippen LogP contribution in [0.3, 0.4) is 0 Å². The summed E-state index contributed by atoms with van der Waals surface area (Å²) >= 11 is 1.16. The minimum absolute atomic E-state index is 0. The van der Waals surface area contributed by atoms with Crippen molar-refractivity contribution >= 4 is 22.5 Å². The van der Waals surface area contributed by atoms with E-state index in [9.17, 15) is 0 Å². The molecule has 0 aliphatic heterocycles. The summed E-state index contributed by atoms with van der Waals surface area (Å²) in [4.78, 5) is 0. The van der Waals surface area contributed by atoms with E-state index in [1.165, 1.54) is 0 Å². The van der Waals surface area contributed by atoms with Crippen LogP contribution in [-0.4, -0.2) is 22.5 Å². The van der Waals surface area contributed by atoms with Crippen molar-refractivity contribution in [3.8, 4) is 10.4 Å². The Morgan fingerprint density at radius 1 is 1.17 bits per heavy atom. The standard InChI is InChI=1S/C2H.3ClH.Sn/c1-2;;;;/h1H;3*1H;/q;;;;+3/p-3. The summed E-state index contributed by atoms with van der Waals surface area (Å²) in [6.07, 6.45) is 4.64. The third kappa shape index (κ3) is 61.9. The van der Waals surface area contributed by atoms with Gasteiger partial charge in [-0.3, -0.25) is 0 Å². The number of rotatable bonds is 0. The van der Waals surface area contributed by atoms with Crippen LogP contribution >= 0.6 is 0 Å². The first-order chi connectivity index (χ1) is 1.41. The van der Waals surface area contributed by atoms with Gasteiger partial charge >= 0.3 is 32.9 Å². The minimum Gasteiger partial charge on any atom is -1.00 e. The third-order valence-electron chi connectivity index (χ3n) is 0. The average Bonchev–Trinajstić information content (AvgIpc) is 0.918. The number of halogens is 3. The van der Waals surface area contributed by atoms with Gasteiger partial charge in [-0.1, -0.05) is 0 Å². The molecule has 0 saturated heterocycles. The molecule has 0 radical (unpaired) electrons. The minimum atomic E-state index is 0. The molecule has 0 saturated carbocycles. The molecule has 0 aliphatic rings. The Hall–Kier alpha value is 1.23. The number of hydrogen-bond donors (Lipinski definition) is 0. The molecular formula is C2HCl3Sn. The van der Waals surface area contributed by atoms with Crippen LogP contribution in [0, 0.1) is 10.4 Å². The van der Waals surface area contributed by atoms with E-state index >= 15 is 0 Å². The van der Waals surface area contributed by atoms with E-state index in [4.69, 9.17) is 0 Å². The maximum atomic E-state index is 4.64. The van der Waals surface area contributed by atoms with E-state index in [0.29, 0.717) is 0 Å². The molecule has 0 aromatic heterocycles. The van der Waals surface area contributed by atoms with Crippen molar-refractivity contribution in [2.24, 2.45) is 0 Å². The summed E-state index contributed by atoms with van der Waals surface area (Å²) in [5.41, 5.74) is 0. The Kier molecular flexibility index (Phi) is 154. The van der Waals surface area contributed by atoms with Gasteiger partial charge in [0.1, 0.15) is 0 Å². The van der Waals surface area contributed by atoms with Gasteiger partial charge in [0, 0.05) is 0 Å². The van der Waals surface area contributed by atoms with Gasteiger partial charge in [-0.15, -0.1) is 0 Å². The van der Waals surface area contributed by atoms with Crippen LogP contribution in [0.4, 0.5) is 0 Å². The van der Waals surface area contributed by atoms with Crippen molar-refractivity contribution in [1.29, 1.82) is 0 Å².